The summed E-state index contributed by atoms with van der Waals surface area (Å²) in [4.78, 5) is 21.0. The monoisotopic (exact) mass is 186 g/mol. The quantitative estimate of drug-likeness (QED) is 0.591. The van der Waals surface area contributed by atoms with Gasteiger partial charge in [0.1, 0.15) is 0 Å². The van der Waals surface area contributed by atoms with E-state index >= 15 is 0 Å². The van der Waals surface area contributed by atoms with Crippen LogP contribution >= 0.6 is 0 Å². The molecule has 2 atom stereocenters. The van der Waals surface area contributed by atoms with Gasteiger partial charge in [0.25, 0.3) is 0 Å². The van der Waals surface area contributed by atoms with Crippen molar-refractivity contribution in [3.63, 3.8) is 0 Å². The Labute approximate surface area is 76.5 Å². The first-order valence-electron chi connectivity index (χ1n) is 4.38. The average Bonchev–Trinajstić information content (AvgIpc) is 2.29. The molecule has 1 saturated heterocycles. The van der Waals surface area contributed by atoms with E-state index in [1.807, 2.05) is 6.92 Å². The fourth-order valence-electron chi connectivity index (χ4n) is 1.44. The highest BCUT2D eigenvalue weighted by atomic mass is 16.4. The minimum Gasteiger partial charge on any atom is -0.481 e. The molecule has 0 radical (unpaired) electrons. The third kappa shape index (κ3) is 2.93. The summed E-state index contributed by atoms with van der Waals surface area (Å²) in [5.74, 6) is -0.787. The minimum atomic E-state index is -0.787. The summed E-state index contributed by atoms with van der Waals surface area (Å²) < 4.78 is 0. The number of hydrogen-bond donors (Lipinski definition) is 3. The van der Waals surface area contributed by atoms with Crippen molar-refractivity contribution in [1.82, 2.24) is 10.6 Å². The standard InChI is InChI=1S/C8H14N2O3/c1-5-6(10-8(13)9-5)3-2-4-7(11)12/h5-6H,2-4H2,1H3,(H,11,12)(H2,9,10,13). The second-order valence-corrected chi connectivity index (χ2v) is 3.30. The lowest BCUT2D eigenvalue weighted by atomic mass is 10.1. The highest BCUT2D eigenvalue weighted by molar-refractivity contribution is 5.77. The normalized spacial score (nSPS) is 26.7. The number of aliphatic carboxylic acids is 1. The van der Waals surface area contributed by atoms with Gasteiger partial charge in [-0.05, 0) is 19.8 Å². The summed E-state index contributed by atoms with van der Waals surface area (Å²) in [6, 6.07) is 0.0148. The molecule has 0 aliphatic carbocycles. The van der Waals surface area contributed by atoms with E-state index in [9.17, 15) is 9.59 Å². The fourth-order valence-corrected chi connectivity index (χ4v) is 1.44. The summed E-state index contributed by atoms with van der Waals surface area (Å²) in [7, 11) is 0. The number of amides is 2. The van der Waals surface area contributed by atoms with Crippen molar-refractivity contribution in [2.24, 2.45) is 0 Å². The van der Waals surface area contributed by atoms with E-state index in [2.05, 4.69) is 10.6 Å². The van der Waals surface area contributed by atoms with Crippen LogP contribution in [-0.2, 0) is 4.79 Å². The van der Waals surface area contributed by atoms with E-state index in [-0.39, 0.29) is 24.5 Å². The number of urea groups is 1. The average molecular weight is 186 g/mol. The zero-order valence-electron chi connectivity index (χ0n) is 7.54. The van der Waals surface area contributed by atoms with E-state index in [1.165, 1.54) is 0 Å². The highest BCUT2D eigenvalue weighted by Crippen LogP contribution is 2.09. The number of carboxylic acids is 1. The molecule has 5 heteroatoms. The van der Waals surface area contributed by atoms with Gasteiger partial charge in [-0.3, -0.25) is 4.79 Å². The summed E-state index contributed by atoms with van der Waals surface area (Å²) in [6.07, 6.45) is 1.48. The molecular weight excluding hydrogens is 172 g/mol. The van der Waals surface area contributed by atoms with E-state index in [0.717, 1.165) is 0 Å². The molecule has 3 N–H and O–H groups in total. The first-order valence-corrected chi connectivity index (χ1v) is 4.38. The Morgan fingerprint density at radius 2 is 2.23 bits per heavy atom. The molecule has 13 heavy (non-hydrogen) atoms. The van der Waals surface area contributed by atoms with Crippen molar-refractivity contribution in [1.29, 1.82) is 0 Å². The number of carboxylic acid groups (broad SMARTS) is 1. The van der Waals surface area contributed by atoms with E-state index in [1.54, 1.807) is 0 Å². The molecule has 0 aromatic carbocycles. The van der Waals surface area contributed by atoms with Crippen molar-refractivity contribution in [2.75, 3.05) is 0 Å². The first kappa shape index (κ1) is 9.83. The van der Waals surface area contributed by atoms with Gasteiger partial charge in [-0.1, -0.05) is 0 Å². The third-order valence-corrected chi connectivity index (χ3v) is 2.18. The smallest absolute Gasteiger partial charge is 0.315 e. The molecule has 5 nitrogen and oxygen atoms in total. The molecule has 74 valence electrons. The molecule has 0 aromatic rings. The molecule has 1 aliphatic rings. The largest absolute Gasteiger partial charge is 0.481 e. The molecule has 1 fully saturated rings. The second kappa shape index (κ2) is 4.11. The Hall–Kier alpha value is -1.26. The second-order valence-electron chi connectivity index (χ2n) is 3.30. The number of carbonyl (C=O) groups excluding carboxylic acids is 1. The SMILES string of the molecule is CC1NC(=O)NC1CCCC(=O)O. The van der Waals surface area contributed by atoms with Gasteiger partial charge in [0.05, 0.1) is 6.04 Å². The van der Waals surface area contributed by atoms with Gasteiger partial charge in [0, 0.05) is 12.5 Å². The van der Waals surface area contributed by atoms with E-state index in [0.29, 0.717) is 12.8 Å². The van der Waals surface area contributed by atoms with Gasteiger partial charge in [0.2, 0.25) is 0 Å². The molecule has 0 saturated carbocycles. The van der Waals surface area contributed by atoms with Crippen LogP contribution in [0.2, 0.25) is 0 Å². The van der Waals surface area contributed by atoms with Crippen LogP contribution in [0.1, 0.15) is 26.2 Å². The predicted molar refractivity (Wildman–Crippen MR) is 46.4 cm³/mol. The zero-order valence-corrected chi connectivity index (χ0v) is 7.54. The number of nitrogens with one attached hydrogen (secondary N) is 2. The minimum absolute atomic E-state index is 0.0758. The summed E-state index contributed by atoms with van der Waals surface area (Å²) in [5.41, 5.74) is 0. The van der Waals surface area contributed by atoms with Crippen LogP contribution in [0.5, 0.6) is 0 Å². The van der Waals surface area contributed by atoms with E-state index < -0.39 is 5.97 Å². The summed E-state index contributed by atoms with van der Waals surface area (Å²) >= 11 is 0. The number of hydrogen-bond acceptors (Lipinski definition) is 2. The van der Waals surface area contributed by atoms with Crippen LogP contribution in [0.3, 0.4) is 0 Å². The molecule has 0 aromatic heterocycles. The highest BCUT2D eigenvalue weighted by Gasteiger charge is 2.27. The van der Waals surface area contributed by atoms with Gasteiger partial charge in [0.15, 0.2) is 0 Å². The molecule has 1 heterocycles. The van der Waals surface area contributed by atoms with Crippen molar-refractivity contribution in [3.8, 4) is 0 Å². The van der Waals surface area contributed by atoms with Crippen LogP contribution < -0.4 is 10.6 Å². The van der Waals surface area contributed by atoms with Crippen molar-refractivity contribution >= 4 is 12.0 Å². The van der Waals surface area contributed by atoms with Gasteiger partial charge in [-0.25, -0.2) is 4.79 Å². The van der Waals surface area contributed by atoms with Crippen LogP contribution in [0, 0.1) is 0 Å². The van der Waals surface area contributed by atoms with E-state index in [4.69, 9.17) is 5.11 Å². The van der Waals surface area contributed by atoms with Crippen molar-refractivity contribution < 1.29 is 14.7 Å². The molecule has 0 bridgehead atoms. The Bertz CT molecular complexity index is 217. The Morgan fingerprint density at radius 1 is 1.54 bits per heavy atom. The lowest BCUT2D eigenvalue weighted by Crippen LogP contribution is -2.30. The van der Waals surface area contributed by atoms with Crippen molar-refractivity contribution in [3.05, 3.63) is 0 Å². The predicted octanol–water partition coefficient (Wildman–Crippen LogP) is 0.311. The van der Waals surface area contributed by atoms with Gasteiger partial charge >= 0.3 is 12.0 Å². The number of carbonyl (C=O) groups is 2. The van der Waals surface area contributed by atoms with Crippen LogP contribution in [0.25, 0.3) is 0 Å². The summed E-state index contributed by atoms with van der Waals surface area (Å²) in [5, 5.41) is 13.8. The fraction of sp³-hybridized carbons (Fsp3) is 0.750. The van der Waals surface area contributed by atoms with Crippen LogP contribution in [0.4, 0.5) is 4.79 Å². The van der Waals surface area contributed by atoms with Crippen LogP contribution in [-0.4, -0.2) is 29.2 Å². The molecule has 1 aliphatic heterocycles. The maximum Gasteiger partial charge on any atom is 0.315 e. The molecule has 1 rings (SSSR count). The van der Waals surface area contributed by atoms with Crippen molar-refractivity contribution in [2.45, 2.75) is 38.3 Å². The Kier molecular flexibility index (Phi) is 3.11. The molecule has 2 unspecified atom stereocenters. The van der Waals surface area contributed by atoms with Gasteiger partial charge in [-0.15, -0.1) is 0 Å². The number of rotatable bonds is 4. The molecule has 2 amide bonds. The zero-order chi connectivity index (χ0) is 9.84. The van der Waals surface area contributed by atoms with Gasteiger partial charge in [-0.2, -0.15) is 0 Å². The maximum absolute atomic E-state index is 10.8. The Balaban J connectivity index is 2.21. The van der Waals surface area contributed by atoms with Gasteiger partial charge < -0.3 is 15.7 Å². The lowest BCUT2D eigenvalue weighted by Gasteiger charge is -2.12. The Morgan fingerprint density at radius 3 is 2.69 bits per heavy atom. The molecular formula is C8H14N2O3. The summed E-state index contributed by atoms with van der Waals surface area (Å²) in [6.45, 7) is 1.91. The maximum atomic E-state index is 10.8. The third-order valence-electron chi connectivity index (χ3n) is 2.18. The topological polar surface area (TPSA) is 78.4 Å². The molecule has 0 spiro atoms. The lowest BCUT2D eigenvalue weighted by molar-refractivity contribution is -0.137. The first-order chi connectivity index (χ1) is 6.09. The van der Waals surface area contributed by atoms with Crippen LogP contribution in [0.15, 0.2) is 0 Å².